The fourth-order valence-electron chi connectivity index (χ4n) is 3.12. The van der Waals surface area contributed by atoms with Crippen LogP contribution in [-0.2, 0) is 0 Å². The Balaban J connectivity index is 1.79. The van der Waals surface area contributed by atoms with E-state index in [2.05, 4.69) is 25.3 Å². The van der Waals surface area contributed by atoms with Crippen LogP contribution < -0.4 is 16.8 Å². The SMILES string of the molecule is C[C@H](Nc1nc(N)nc(N)c1C#N)c1cn(-c2cccnc2)c2ncccc12. The first-order chi connectivity index (χ1) is 13.6. The van der Waals surface area contributed by atoms with Crippen LogP contribution in [0.1, 0.15) is 24.1 Å². The molecule has 4 rings (SSSR count). The van der Waals surface area contributed by atoms with Crippen LogP contribution in [0.5, 0.6) is 0 Å². The van der Waals surface area contributed by atoms with E-state index in [1.54, 1.807) is 18.6 Å². The Morgan fingerprint density at radius 2 is 2.00 bits per heavy atom. The average Bonchev–Trinajstić information content (AvgIpc) is 3.08. The zero-order valence-corrected chi connectivity index (χ0v) is 15.0. The molecule has 0 fully saturated rings. The molecule has 28 heavy (non-hydrogen) atoms. The van der Waals surface area contributed by atoms with Crippen LogP contribution in [0.4, 0.5) is 17.6 Å². The second kappa shape index (κ2) is 6.85. The first-order valence-electron chi connectivity index (χ1n) is 8.54. The number of nitrogens with one attached hydrogen (secondary N) is 1. The van der Waals surface area contributed by atoms with Crippen LogP contribution in [0, 0.1) is 11.3 Å². The molecule has 4 aromatic rings. The van der Waals surface area contributed by atoms with Gasteiger partial charge >= 0.3 is 0 Å². The van der Waals surface area contributed by atoms with Crippen LogP contribution in [0.15, 0.2) is 49.1 Å². The summed E-state index contributed by atoms with van der Waals surface area (Å²) in [6.45, 7) is 1.96. The van der Waals surface area contributed by atoms with Crippen molar-refractivity contribution in [1.29, 1.82) is 5.26 Å². The number of hydrogen-bond acceptors (Lipinski definition) is 8. The van der Waals surface area contributed by atoms with E-state index in [9.17, 15) is 5.26 Å². The number of hydrogen-bond donors (Lipinski definition) is 3. The van der Waals surface area contributed by atoms with Gasteiger partial charge in [-0.3, -0.25) is 9.55 Å². The highest BCUT2D eigenvalue weighted by Gasteiger charge is 2.19. The third-order valence-electron chi connectivity index (χ3n) is 4.40. The van der Waals surface area contributed by atoms with Crippen molar-refractivity contribution in [2.45, 2.75) is 13.0 Å². The summed E-state index contributed by atoms with van der Waals surface area (Å²) in [7, 11) is 0. The van der Waals surface area contributed by atoms with Crippen molar-refractivity contribution < 1.29 is 0 Å². The molecule has 9 nitrogen and oxygen atoms in total. The van der Waals surface area contributed by atoms with Crippen LogP contribution >= 0.6 is 0 Å². The Kier molecular flexibility index (Phi) is 4.21. The Bertz CT molecular complexity index is 1190. The van der Waals surface area contributed by atoms with E-state index >= 15 is 0 Å². The summed E-state index contributed by atoms with van der Waals surface area (Å²) in [4.78, 5) is 16.7. The van der Waals surface area contributed by atoms with Gasteiger partial charge in [0.15, 0.2) is 5.82 Å². The predicted molar refractivity (Wildman–Crippen MR) is 106 cm³/mol. The van der Waals surface area contributed by atoms with E-state index in [0.29, 0.717) is 5.82 Å². The third kappa shape index (κ3) is 2.93. The number of aromatic nitrogens is 5. The van der Waals surface area contributed by atoms with Gasteiger partial charge in [-0.25, -0.2) is 4.98 Å². The van der Waals surface area contributed by atoms with E-state index in [1.807, 2.05) is 48.0 Å². The van der Waals surface area contributed by atoms with Crippen LogP contribution in [0.25, 0.3) is 16.7 Å². The highest BCUT2D eigenvalue weighted by molar-refractivity contribution is 5.83. The molecule has 0 aromatic carbocycles. The van der Waals surface area contributed by atoms with Crippen molar-refractivity contribution in [2.75, 3.05) is 16.8 Å². The molecule has 138 valence electrons. The Morgan fingerprint density at radius 1 is 1.18 bits per heavy atom. The molecule has 0 aliphatic heterocycles. The molecular weight excluding hydrogens is 354 g/mol. The van der Waals surface area contributed by atoms with Gasteiger partial charge in [0.1, 0.15) is 23.1 Å². The molecule has 4 heterocycles. The van der Waals surface area contributed by atoms with Crippen LogP contribution in [0.2, 0.25) is 0 Å². The maximum Gasteiger partial charge on any atom is 0.224 e. The monoisotopic (exact) mass is 371 g/mol. The smallest absolute Gasteiger partial charge is 0.224 e. The van der Waals surface area contributed by atoms with Crippen LogP contribution in [0.3, 0.4) is 0 Å². The Hall–Kier alpha value is -4.19. The molecule has 0 amide bonds. The quantitative estimate of drug-likeness (QED) is 0.496. The van der Waals surface area contributed by atoms with Gasteiger partial charge in [0.2, 0.25) is 5.95 Å². The number of fused-ring (bicyclic) bond motifs is 1. The minimum absolute atomic E-state index is 0.00524. The van der Waals surface area contributed by atoms with Gasteiger partial charge < -0.3 is 16.8 Å². The molecule has 0 radical (unpaired) electrons. The van der Waals surface area contributed by atoms with Crippen molar-refractivity contribution in [1.82, 2.24) is 24.5 Å². The Labute approximate surface area is 160 Å². The number of nitrogens with two attached hydrogens (primary N) is 2. The van der Waals surface area contributed by atoms with Gasteiger partial charge in [-0.2, -0.15) is 15.2 Å². The minimum Gasteiger partial charge on any atom is -0.382 e. The van der Waals surface area contributed by atoms with Gasteiger partial charge in [0.05, 0.1) is 17.9 Å². The standard InChI is InChI=1S/C19H17N9/c1-11(25-17-14(8-20)16(21)26-19(22)27-17)15-10-28(12-4-2-6-23-9-12)18-13(15)5-3-7-24-18/h2-7,9-11H,1H3,(H5,21,22,25,26,27)/t11-/m0/s1. The largest absolute Gasteiger partial charge is 0.382 e. The van der Waals surface area contributed by atoms with Crippen molar-refractivity contribution in [3.63, 3.8) is 0 Å². The van der Waals surface area contributed by atoms with Crippen molar-refractivity contribution >= 4 is 28.6 Å². The summed E-state index contributed by atoms with van der Waals surface area (Å²) < 4.78 is 1.98. The Morgan fingerprint density at radius 3 is 2.75 bits per heavy atom. The van der Waals surface area contributed by atoms with E-state index < -0.39 is 0 Å². The fourth-order valence-corrected chi connectivity index (χ4v) is 3.12. The van der Waals surface area contributed by atoms with Gasteiger partial charge in [0.25, 0.3) is 0 Å². The second-order valence-electron chi connectivity index (χ2n) is 6.21. The molecule has 0 aliphatic rings. The third-order valence-corrected chi connectivity index (χ3v) is 4.40. The molecule has 5 N–H and O–H groups in total. The minimum atomic E-state index is -0.203. The van der Waals surface area contributed by atoms with E-state index in [1.165, 1.54) is 0 Å². The number of nitriles is 1. The highest BCUT2D eigenvalue weighted by Crippen LogP contribution is 2.30. The maximum absolute atomic E-state index is 9.39. The van der Waals surface area contributed by atoms with Gasteiger partial charge in [0, 0.05) is 29.5 Å². The lowest BCUT2D eigenvalue weighted by atomic mass is 10.1. The fraction of sp³-hybridized carbons (Fsp3) is 0.105. The zero-order chi connectivity index (χ0) is 19.7. The predicted octanol–water partition coefficient (Wildman–Crippen LogP) is 2.42. The zero-order valence-electron chi connectivity index (χ0n) is 15.0. The molecule has 0 spiro atoms. The van der Waals surface area contributed by atoms with Crippen molar-refractivity contribution in [3.8, 4) is 11.8 Å². The lowest BCUT2D eigenvalue weighted by molar-refractivity contribution is 0.874. The number of nitrogens with zero attached hydrogens (tertiary/aromatic N) is 6. The lowest BCUT2D eigenvalue weighted by Gasteiger charge is -2.15. The summed E-state index contributed by atoms with van der Waals surface area (Å²) in [5, 5.41) is 13.6. The normalized spacial score (nSPS) is 11.9. The van der Waals surface area contributed by atoms with Crippen molar-refractivity contribution in [2.24, 2.45) is 0 Å². The molecule has 0 unspecified atom stereocenters. The summed E-state index contributed by atoms with van der Waals surface area (Å²) in [6, 6.07) is 9.53. The number of rotatable bonds is 4. The maximum atomic E-state index is 9.39. The molecule has 1 atom stereocenters. The van der Waals surface area contributed by atoms with Gasteiger partial charge in [-0.05, 0) is 31.2 Å². The number of anilines is 3. The molecule has 0 saturated heterocycles. The summed E-state index contributed by atoms with van der Waals surface area (Å²) >= 11 is 0. The topological polar surface area (TPSA) is 144 Å². The van der Waals surface area contributed by atoms with Gasteiger partial charge in [-0.1, -0.05) is 0 Å². The summed E-state index contributed by atoms with van der Waals surface area (Å²) in [5.74, 6) is 0.348. The summed E-state index contributed by atoms with van der Waals surface area (Å²) in [5.41, 5.74) is 14.3. The van der Waals surface area contributed by atoms with E-state index in [0.717, 1.165) is 22.3 Å². The van der Waals surface area contributed by atoms with E-state index in [4.69, 9.17) is 11.5 Å². The average molecular weight is 371 g/mol. The van der Waals surface area contributed by atoms with E-state index in [-0.39, 0.29) is 23.4 Å². The number of nitrogen functional groups attached to an aromatic ring is 2. The first-order valence-corrected chi connectivity index (χ1v) is 8.54. The summed E-state index contributed by atoms with van der Waals surface area (Å²) in [6.07, 6.45) is 7.24. The molecular formula is C19H17N9. The van der Waals surface area contributed by atoms with Crippen LogP contribution in [-0.4, -0.2) is 24.5 Å². The van der Waals surface area contributed by atoms with Gasteiger partial charge in [-0.15, -0.1) is 0 Å². The highest BCUT2D eigenvalue weighted by atomic mass is 15.1. The number of pyridine rings is 2. The molecule has 0 saturated carbocycles. The molecule has 9 heteroatoms. The van der Waals surface area contributed by atoms with Crippen molar-refractivity contribution in [3.05, 3.63) is 60.2 Å². The molecule has 4 aromatic heterocycles. The lowest BCUT2D eigenvalue weighted by Crippen LogP contribution is -2.12. The molecule has 0 aliphatic carbocycles. The first kappa shape index (κ1) is 17.2. The second-order valence-corrected chi connectivity index (χ2v) is 6.21. The molecule has 0 bridgehead atoms.